The summed E-state index contributed by atoms with van der Waals surface area (Å²) in [5.74, 6) is -2.60. The van der Waals surface area contributed by atoms with Crippen LogP contribution in [0.4, 0.5) is 0 Å². The molecule has 0 unspecified atom stereocenters. The topological polar surface area (TPSA) is 87.7 Å². The standard InChI is InChI=1S/C16H8O5S/c17-15(18)8-5-6-9-12(11(8)16(19)20)21-13-7-3-1-2-4-10(7)22-14(9)13/h1-6H,(H,17,18)(H,19,20). The monoisotopic (exact) mass is 312 g/mol. The van der Waals surface area contributed by atoms with Gasteiger partial charge >= 0.3 is 11.9 Å². The molecule has 0 amide bonds. The van der Waals surface area contributed by atoms with Crippen molar-refractivity contribution >= 4 is 54.6 Å². The maximum Gasteiger partial charge on any atom is 0.340 e. The van der Waals surface area contributed by atoms with Gasteiger partial charge in [-0.2, -0.15) is 0 Å². The molecule has 0 aliphatic heterocycles. The Morgan fingerprint density at radius 3 is 2.41 bits per heavy atom. The minimum absolute atomic E-state index is 0.111. The summed E-state index contributed by atoms with van der Waals surface area (Å²) >= 11 is 1.50. The Morgan fingerprint density at radius 1 is 0.909 bits per heavy atom. The van der Waals surface area contributed by atoms with E-state index in [-0.39, 0.29) is 16.7 Å². The lowest BCUT2D eigenvalue weighted by molar-refractivity contribution is 0.0652. The summed E-state index contributed by atoms with van der Waals surface area (Å²) in [6, 6.07) is 10.6. The number of hydrogen-bond donors (Lipinski definition) is 2. The molecule has 0 saturated carbocycles. The summed E-state index contributed by atoms with van der Waals surface area (Å²) in [6.07, 6.45) is 0. The van der Waals surface area contributed by atoms with Gasteiger partial charge in [0, 0.05) is 15.5 Å². The van der Waals surface area contributed by atoms with Crippen LogP contribution < -0.4 is 0 Å². The third-order valence-corrected chi connectivity index (χ3v) is 4.79. The summed E-state index contributed by atoms with van der Waals surface area (Å²) in [6.45, 7) is 0. The fourth-order valence-electron chi connectivity index (χ4n) is 2.66. The zero-order valence-corrected chi connectivity index (χ0v) is 11.8. The SMILES string of the molecule is O=C(O)c1ccc2c(oc3c4ccccc4sc23)c1C(=O)O. The van der Waals surface area contributed by atoms with Crippen LogP contribution in [0, 0.1) is 0 Å². The van der Waals surface area contributed by atoms with E-state index in [0.717, 1.165) is 14.8 Å². The number of carboxylic acids is 2. The van der Waals surface area contributed by atoms with Gasteiger partial charge in [-0.15, -0.1) is 11.3 Å². The van der Waals surface area contributed by atoms with Crippen LogP contribution in [0.25, 0.3) is 31.3 Å². The fraction of sp³-hybridized carbons (Fsp3) is 0. The second kappa shape index (κ2) is 4.32. The minimum atomic E-state index is -1.31. The number of carboxylic acid groups (broad SMARTS) is 2. The largest absolute Gasteiger partial charge is 0.478 e. The highest BCUT2D eigenvalue weighted by Gasteiger charge is 2.24. The number of aromatic carboxylic acids is 2. The Balaban J connectivity index is 2.22. The van der Waals surface area contributed by atoms with Gasteiger partial charge in [-0.1, -0.05) is 12.1 Å². The lowest BCUT2D eigenvalue weighted by atomic mass is 10.0. The van der Waals surface area contributed by atoms with Crippen molar-refractivity contribution in [2.75, 3.05) is 0 Å². The highest BCUT2D eigenvalue weighted by atomic mass is 32.1. The van der Waals surface area contributed by atoms with Crippen molar-refractivity contribution in [2.45, 2.75) is 0 Å². The molecule has 0 fully saturated rings. The summed E-state index contributed by atoms with van der Waals surface area (Å²) in [7, 11) is 0. The molecule has 6 heteroatoms. The third kappa shape index (κ3) is 1.58. The average Bonchev–Trinajstić information content (AvgIpc) is 3.01. The smallest absolute Gasteiger partial charge is 0.340 e. The lowest BCUT2D eigenvalue weighted by Gasteiger charge is -2.01. The highest BCUT2D eigenvalue weighted by molar-refractivity contribution is 7.26. The molecule has 5 nitrogen and oxygen atoms in total. The van der Waals surface area contributed by atoms with Crippen LogP contribution >= 0.6 is 11.3 Å². The van der Waals surface area contributed by atoms with E-state index in [1.54, 1.807) is 6.07 Å². The Kier molecular flexibility index (Phi) is 2.52. The van der Waals surface area contributed by atoms with Crippen molar-refractivity contribution in [1.29, 1.82) is 0 Å². The molecule has 108 valence electrons. The molecule has 2 heterocycles. The van der Waals surface area contributed by atoms with Gasteiger partial charge in [0.15, 0.2) is 11.2 Å². The van der Waals surface area contributed by atoms with Crippen molar-refractivity contribution < 1.29 is 24.2 Å². The van der Waals surface area contributed by atoms with E-state index in [2.05, 4.69) is 0 Å². The normalized spacial score (nSPS) is 11.5. The van der Waals surface area contributed by atoms with Crippen molar-refractivity contribution in [3.8, 4) is 0 Å². The average molecular weight is 312 g/mol. The van der Waals surface area contributed by atoms with Gasteiger partial charge in [0.2, 0.25) is 0 Å². The molecular formula is C16H8O5S. The van der Waals surface area contributed by atoms with E-state index in [9.17, 15) is 14.7 Å². The number of carbonyl (C=O) groups is 2. The van der Waals surface area contributed by atoms with Gasteiger partial charge in [-0.25, -0.2) is 9.59 Å². The number of furan rings is 1. The van der Waals surface area contributed by atoms with Crippen LogP contribution in [-0.4, -0.2) is 22.2 Å². The van der Waals surface area contributed by atoms with Crippen molar-refractivity contribution in [3.05, 3.63) is 47.5 Å². The minimum Gasteiger partial charge on any atom is -0.478 e. The van der Waals surface area contributed by atoms with Gasteiger partial charge in [0.1, 0.15) is 5.56 Å². The molecule has 22 heavy (non-hydrogen) atoms. The second-order valence-corrected chi connectivity index (χ2v) is 5.89. The molecule has 4 rings (SSSR count). The molecule has 0 aliphatic rings. The molecule has 0 radical (unpaired) electrons. The second-order valence-electron chi connectivity index (χ2n) is 4.83. The van der Waals surface area contributed by atoms with Crippen LogP contribution in [0.15, 0.2) is 40.8 Å². The number of rotatable bonds is 2. The third-order valence-electron chi connectivity index (χ3n) is 3.60. The Morgan fingerprint density at radius 2 is 1.68 bits per heavy atom. The summed E-state index contributed by atoms with van der Waals surface area (Å²) in [4.78, 5) is 22.7. The maximum absolute atomic E-state index is 11.5. The molecule has 4 aromatic rings. The highest BCUT2D eigenvalue weighted by Crippen LogP contribution is 2.41. The van der Waals surface area contributed by atoms with Crippen molar-refractivity contribution in [2.24, 2.45) is 0 Å². The summed E-state index contributed by atoms with van der Waals surface area (Å²) in [5, 5.41) is 20.1. The molecule has 0 spiro atoms. The molecule has 2 N–H and O–H groups in total. The first-order chi connectivity index (χ1) is 10.6. The van der Waals surface area contributed by atoms with E-state index in [1.165, 1.54) is 17.4 Å². The van der Waals surface area contributed by atoms with Crippen LogP contribution in [0.3, 0.4) is 0 Å². The summed E-state index contributed by atoms with van der Waals surface area (Å²) in [5.41, 5.74) is 0.128. The zero-order valence-electron chi connectivity index (χ0n) is 11.0. The van der Waals surface area contributed by atoms with Gasteiger partial charge in [0.05, 0.1) is 10.3 Å². The molecule has 0 atom stereocenters. The zero-order chi connectivity index (χ0) is 15.4. The Hall–Kier alpha value is -2.86. The van der Waals surface area contributed by atoms with Crippen LogP contribution in [0.2, 0.25) is 0 Å². The maximum atomic E-state index is 11.5. The van der Waals surface area contributed by atoms with Gasteiger partial charge < -0.3 is 14.6 Å². The Labute approximate surface area is 127 Å². The predicted molar refractivity (Wildman–Crippen MR) is 83.0 cm³/mol. The van der Waals surface area contributed by atoms with E-state index in [4.69, 9.17) is 9.52 Å². The van der Waals surface area contributed by atoms with E-state index >= 15 is 0 Å². The summed E-state index contributed by atoms with van der Waals surface area (Å²) < 4.78 is 7.62. The van der Waals surface area contributed by atoms with Gasteiger partial charge in [-0.05, 0) is 24.3 Å². The molecule has 0 saturated heterocycles. The number of benzene rings is 2. The Bertz CT molecular complexity index is 1090. The van der Waals surface area contributed by atoms with Crippen LogP contribution in [0.5, 0.6) is 0 Å². The van der Waals surface area contributed by atoms with E-state index < -0.39 is 11.9 Å². The van der Waals surface area contributed by atoms with Gasteiger partial charge in [0.25, 0.3) is 0 Å². The fourth-order valence-corrected chi connectivity index (χ4v) is 3.81. The predicted octanol–water partition coefficient (Wildman–Crippen LogP) is 4.20. The van der Waals surface area contributed by atoms with Crippen molar-refractivity contribution in [1.82, 2.24) is 0 Å². The van der Waals surface area contributed by atoms with Gasteiger partial charge in [-0.3, -0.25) is 0 Å². The van der Waals surface area contributed by atoms with E-state index in [0.29, 0.717) is 11.0 Å². The number of thiophene rings is 1. The van der Waals surface area contributed by atoms with E-state index in [1.807, 2.05) is 24.3 Å². The molecular weight excluding hydrogens is 304 g/mol. The van der Waals surface area contributed by atoms with Crippen LogP contribution in [-0.2, 0) is 0 Å². The molecule has 0 bridgehead atoms. The quantitative estimate of drug-likeness (QED) is 0.579. The first kappa shape index (κ1) is 12.8. The molecule has 2 aromatic heterocycles. The first-order valence-electron chi connectivity index (χ1n) is 6.41. The van der Waals surface area contributed by atoms with Crippen LogP contribution in [0.1, 0.15) is 20.7 Å². The molecule has 2 aromatic carbocycles. The molecule has 0 aliphatic carbocycles. The number of fused-ring (bicyclic) bond motifs is 5. The number of hydrogen-bond acceptors (Lipinski definition) is 4. The first-order valence-corrected chi connectivity index (χ1v) is 7.23. The lowest BCUT2D eigenvalue weighted by Crippen LogP contribution is -2.08. The van der Waals surface area contributed by atoms with Crippen molar-refractivity contribution in [3.63, 3.8) is 0 Å².